The summed E-state index contributed by atoms with van der Waals surface area (Å²) in [5, 5.41) is 5.39. The van der Waals surface area contributed by atoms with Gasteiger partial charge in [-0.3, -0.25) is 4.79 Å². The lowest BCUT2D eigenvalue weighted by molar-refractivity contribution is -0.114. The Morgan fingerprint density at radius 3 is 2.62 bits per heavy atom. The fourth-order valence-corrected chi connectivity index (χ4v) is 3.48. The first-order valence-electron chi connectivity index (χ1n) is 7.30. The van der Waals surface area contributed by atoms with Crippen molar-refractivity contribution in [2.45, 2.75) is 11.3 Å². The zero-order valence-electron chi connectivity index (χ0n) is 12.7. The van der Waals surface area contributed by atoms with E-state index in [0.717, 1.165) is 5.56 Å². The summed E-state index contributed by atoms with van der Waals surface area (Å²) in [5.74, 6) is -0.822. The Morgan fingerprint density at radius 1 is 1.12 bits per heavy atom. The van der Waals surface area contributed by atoms with Crippen LogP contribution in [-0.2, 0) is 21.2 Å². The van der Waals surface area contributed by atoms with E-state index in [1.54, 1.807) is 24.3 Å². The van der Waals surface area contributed by atoms with Crippen molar-refractivity contribution < 1.29 is 13.2 Å². The highest BCUT2D eigenvalue weighted by molar-refractivity contribution is 7.90. The smallest absolute Gasteiger partial charge is 0.287 e. The standard InChI is InChI=1S/C16H16N4O3S/c17-12-6-2-1-5-11(12)9-10-18-16(21)15-19-13-7-3-4-8-14(13)24(22,23)20-15/h1-8H,9-10,17H2,(H,18,21)(H,19,20). The highest BCUT2D eigenvalue weighted by atomic mass is 32.2. The van der Waals surface area contributed by atoms with Crippen LogP contribution in [0.15, 0.2) is 57.8 Å². The second-order valence-electron chi connectivity index (χ2n) is 5.24. The lowest BCUT2D eigenvalue weighted by Crippen LogP contribution is -2.39. The Labute approximate surface area is 139 Å². The van der Waals surface area contributed by atoms with Crippen LogP contribution in [0.25, 0.3) is 0 Å². The molecule has 1 heterocycles. The fourth-order valence-electron chi connectivity index (χ4n) is 2.37. The van der Waals surface area contributed by atoms with Crippen LogP contribution in [0.5, 0.6) is 0 Å². The number of rotatable bonds is 4. The molecule has 0 radical (unpaired) electrons. The van der Waals surface area contributed by atoms with Gasteiger partial charge in [-0.25, -0.2) is 0 Å². The van der Waals surface area contributed by atoms with Gasteiger partial charge in [-0.1, -0.05) is 30.3 Å². The third-order valence-corrected chi connectivity index (χ3v) is 4.91. The molecule has 0 aliphatic carbocycles. The molecule has 2 aromatic rings. The van der Waals surface area contributed by atoms with Gasteiger partial charge >= 0.3 is 0 Å². The number of nitrogens with zero attached hydrogens (tertiary/aromatic N) is 1. The number of nitrogens with one attached hydrogen (secondary N) is 2. The molecule has 0 saturated carbocycles. The first-order chi connectivity index (χ1) is 11.5. The normalized spacial score (nSPS) is 14.9. The number of hydrogen-bond acceptors (Lipinski definition) is 5. The number of nitrogen functional groups attached to an aromatic ring is 1. The van der Waals surface area contributed by atoms with Crippen molar-refractivity contribution in [1.29, 1.82) is 0 Å². The van der Waals surface area contributed by atoms with E-state index in [1.165, 1.54) is 6.07 Å². The average Bonchev–Trinajstić information content (AvgIpc) is 2.56. The summed E-state index contributed by atoms with van der Waals surface area (Å²) in [6, 6.07) is 13.7. The van der Waals surface area contributed by atoms with Crippen LogP contribution < -0.4 is 16.4 Å². The van der Waals surface area contributed by atoms with E-state index < -0.39 is 15.9 Å². The average molecular weight is 344 g/mol. The third-order valence-electron chi connectivity index (χ3n) is 3.58. The minimum atomic E-state index is -3.88. The van der Waals surface area contributed by atoms with Crippen LogP contribution in [0.1, 0.15) is 5.56 Å². The molecule has 1 amide bonds. The van der Waals surface area contributed by atoms with E-state index >= 15 is 0 Å². The molecule has 1 aliphatic heterocycles. The summed E-state index contributed by atoms with van der Waals surface area (Å²) in [4.78, 5) is 12.2. The molecule has 24 heavy (non-hydrogen) atoms. The van der Waals surface area contributed by atoms with Crippen molar-refractivity contribution in [1.82, 2.24) is 5.32 Å². The molecule has 1 aliphatic rings. The monoisotopic (exact) mass is 344 g/mol. The molecule has 7 nitrogen and oxygen atoms in total. The van der Waals surface area contributed by atoms with Gasteiger partial charge in [0.05, 0.1) is 5.69 Å². The number of benzene rings is 2. The van der Waals surface area contributed by atoms with Crippen molar-refractivity contribution in [3.05, 3.63) is 54.1 Å². The summed E-state index contributed by atoms with van der Waals surface area (Å²) in [7, 11) is -3.88. The number of para-hydroxylation sites is 2. The molecule has 0 aromatic heterocycles. The Morgan fingerprint density at radius 2 is 1.83 bits per heavy atom. The number of anilines is 2. The van der Waals surface area contributed by atoms with Crippen molar-refractivity contribution >= 4 is 33.1 Å². The SMILES string of the molecule is Nc1ccccc1CCNC(=O)C1=NS(=O)(=O)c2ccccc2N1. The first-order valence-corrected chi connectivity index (χ1v) is 8.74. The summed E-state index contributed by atoms with van der Waals surface area (Å²) in [5.41, 5.74) is 7.74. The predicted octanol–water partition coefficient (Wildman–Crippen LogP) is 1.14. The topological polar surface area (TPSA) is 114 Å². The highest BCUT2D eigenvalue weighted by Gasteiger charge is 2.27. The van der Waals surface area contributed by atoms with Crippen molar-refractivity contribution in [2.75, 3.05) is 17.6 Å². The van der Waals surface area contributed by atoms with Crippen LogP contribution in [0, 0.1) is 0 Å². The van der Waals surface area contributed by atoms with Crippen LogP contribution >= 0.6 is 0 Å². The van der Waals surface area contributed by atoms with Gasteiger partial charge in [0, 0.05) is 12.2 Å². The number of sulfonamides is 1. The molecule has 0 spiro atoms. The maximum Gasteiger partial charge on any atom is 0.287 e. The number of hydrogen-bond donors (Lipinski definition) is 3. The number of nitrogens with two attached hydrogens (primary N) is 1. The van der Waals surface area contributed by atoms with E-state index in [2.05, 4.69) is 15.0 Å². The van der Waals surface area contributed by atoms with Crippen LogP contribution in [0.2, 0.25) is 0 Å². The van der Waals surface area contributed by atoms with Gasteiger partial charge in [0.1, 0.15) is 4.90 Å². The van der Waals surface area contributed by atoms with E-state index in [0.29, 0.717) is 24.3 Å². The van der Waals surface area contributed by atoms with Crippen LogP contribution in [-0.4, -0.2) is 26.7 Å². The van der Waals surface area contributed by atoms with Gasteiger partial charge in [-0.15, -0.1) is 4.40 Å². The van der Waals surface area contributed by atoms with E-state index in [4.69, 9.17) is 5.73 Å². The van der Waals surface area contributed by atoms with Gasteiger partial charge in [0.15, 0.2) is 0 Å². The molecule has 2 aromatic carbocycles. The van der Waals surface area contributed by atoms with Gasteiger partial charge < -0.3 is 16.4 Å². The zero-order chi connectivity index (χ0) is 17.2. The Bertz CT molecular complexity index is 922. The Hall–Kier alpha value is -2.87. The molecule has 0 unspecified atom stereocenters. The van der Waals surface area contributed by atoms with E-state index in [9.17, 15) is 13.2 Å². The molecule has 124 valence electrons. The fraction of sp³-hybridized carbons (Fsp3) is 0.125. The van der Waals surface area contributed by atoms with Gasteiger partial charge in [-0.2, -0.15) is 8.42 Å². The van der Waals surface area contributed by atoms with Crippen molar-refractivity contribution in [3.63, 3.8) is 0 Å². The van der Waals surface area contributed by atoms with Crippen LogP contribution in [0.4, 0.5) is 11.4 Å². The molecule has 0 fully saturated rings. The Kier molecular flexibility index (Phi) is 4.22. The van der Waals surface area contributed by atoms with E-state index in [1.807, 2.05) is 18.2 Å². The van der Waals surface area contributed by atoms with Crippen LogP contribution in [0.3, 0.4) is 0 Å². The molecule has 0 saturated heterocycles. The molecule has 8 heteroatoms. The maximum atomic E-state index is 12.2. The summed E-state index contributed by atoms with van der Waals surface area (Å²) in [6.45, 7) is 0.315. The number of amides is 1. The maximum absolute atomic E-state index is 12.2. The van der Waals surface area contributed by atoms with Gasteiger partial charge in [0.2, 0.25) is 5.84 Å². The lowest BCUT2D eigenvalue weighted by Gasteiger charge is -2.17. The molecule has 4 N–H and O–H groups in total. The number of carbonyl (C=O) groups excluding carboxylic acids is 1. The van der Waals surface area contributed by atoms with Crippen molar-refractivity contribution in [3.8, 4) is 0 Å². The van der Waals surface area contributed by atoms with Gasteiger partial charge in [0.25, 0.3) is 15.9 Å². The minimum absolute atomic E-state index is 0.0543. The highest BCUT2D eigenvalue weighted by Crippen LogP contribution is 2.26. The second kappa shape index (κ2) is 6.32. The molecule has 3 rings (SSSR count). The Balaban J connectivity index is 1.68. The predicted molar refractivity (Wildman–Crippen MR) is 92.3 cm³/mol. The second-order valence-corrected chi connectivity index (χ2v) is 6.81. The van der Waals surface area contributed by atoms with Crippen molar-refractivity contribution in [2.24, 2.45) is 4.40 Å². The summed E-state index contributed by atoms with van der Waals surface area (Å²) in [6.07, 6.45) is 0.537. The largest absolute Gasteiger partial charge is 0.399 e. The minimum Gasteiger partial charge on any atom is -0.399 e. The molecular formula is C16H16N4O3S. The number of amidine groups is 1. The summed E-state index contributed by atoms with van der Waals surface area (Å²) < 4.78 is 27.7. The lowest BCUT2D eigenvalue weighted by atomic mass is 10.1. The van der Waals surface area contributed by atoms with E-state index in [-0.39, 0.29) is 10.7 Å². The first kappa shape index (κ1) is 16.0. The summed E-state index contributed by atoms with van der Waals surface area (Å²) >= 11 is 0. The zero-order valence-corrected chi connectivity index (χ0v) is 13.5. The molecular weight excluding hydrogens is 328 g/mol. The van der Waals surface area contributed by atoms with Gasteiger partial charge in [-0.05, 0) is 30.2 Å². The molecule has 0 atom stereocenters. The third kappa shape index (κ3) is 3.23. The number of fused-ring (bicyclic) bond motifs is 1. The quantitative estimate of drug-likeness (QED) is 0.720. The number of carbonyl (C=O) groups is 1. The molecule has 0 bridgehead atoms.